The maximum atomic E-state index is 9.05. The Bertz CT molecular complexity index is 841. The first-order valence-corrected chi connectivity index (χ1v) is 10.7. The Morgan fingerprint density at radius 3 is 2.52 bits per heavy atom. The van der Waals surface area contributed by atoms with Crippen molar-refractivity contribution in [1.82, 2.24) is 9.47 Å². The Morgan fingerprint density at radius 1 is 0.963 bits per heavy atom. The molecule has 0 aliphatic carbocycles. The standard InChI is InChI=1S/C23H29BrN2O/c1-2-25(16-17-27)14-5-3-4-6-19-7-12-23-20(18-19)13-15-26(23)22-10-8-21(24)9-11-22/h7-13,15,18,27H,2-6,14,16-17H2,1H3. The number of unbranched alkanes of at least 4 members (excludes halogenated alkanes) is 2. The number of rotatable bonds is 10. The summed E-state index contributed by atoms with van der Waals surface area (Å²) in [5.74, 6) is 0. The molecule has 0 unspecified atom stereocenters. The first kappa shape index (κ1) is 20.1. The van der Waals surface area contributed by atoms with Gasteiger partial charge in [0.1, 0.15) is 0 Å². The van der Waals surface area contributed by atoms with Gasteiger partial charge < -0.3 is 14.6 Å². The Morgan fingerprint density at radius 2 is 1.78 bits per heavy atom. The number of hydrogen-bond acceptors (Lipinski definition) is 2. The van der Waals surface area contributed by atoms with E-state index in [2.05, 4.69) is 87.0 Å². The Hall–Kier alpha value is -1.62. The maximum Gasteiger partial charge on any atom is 0.0558 e. The molecule has 1 aromatic heterocycles. The van der Waals surface area contributed by atoms with Crippen LogP contribution in [0.3, 0.4) is 0 Å². The van der Waals surface area contributed by atoms with E-state index >= 15 is 0 Å². The van der Waals surface area contributed by atoms with E-state index in [1.807, 2.05) is 0 Å². The van der Waals surface area contributed by atoms with Gasteiger partial charge in [0.15, 0.2) is 0 Å². The normalized spacial score (nSPS) is 11.6. The fraction of sp³-hybridized carbons (Fsp3) is 0.391. The number of aliphatic hydroxyl groups is 1. The predicted molar refractivity (Wildman–Crippen MR) is 118 cm³/mol. The van der Waals surface area contributed by atoms with E-state index < -0.39 is 0 Å². The van der Waals surface area contributed by atoms with Crippen molar-refractivity contribution in [3.05, 3.63) is 64.8 Å². The molecule has 0 bridgehead atoms. The fourth-order valence-electron chi connectivity index (χ4n) is 3.59. The molecule has 27 heavy (non-hydrogen) atoms. The number of fused-ring (bicyclic) bond motifs is 1. The summed E-state index contributed by atoms with van der Waals surface area (Å²) in [4.78, 5) is 2.32. The number of halogens is 1. The number of aliphatic hydroxyl groups excluding tert-OH is 1. The highest BCUT2D eigenvalue weighted by Gasteiger charge is 2.05. The lowest BCUT2D eigenvalue weighted by atomic mass is 10.1. The summed E-state index contributed by atoms with van der Waals surface area (Å²) in [6.45, 7) is 5.32. The van der Waals surface area contributed by atoms with Crippen LogP contribution in [0.1, 0.15) is 31.7 Å². The summed E-state index contributed by atoms with van der Waals surface area (Å²) in [5.41, 5.74) is 3.85. The maximum absolute atomic E-state index is 9.05. The second-order valence-corrected chi connectivity index (χ2v) is 7.94. The summed E-state index contributed by atoms with van der Waals surface area (Å²) in [5, 5.41) is 10.3. The number of hydrogen-bond donors (Lipinski definition) is 1. The monoisotopic (exact) mass is 428 g/mol. The highest BCUT2D eigenvalue weighted by atomic mass is 79.9. The van der Waals surface area contributed by atoms with E-state index in [0.717, 1.165) is 30.5 Å². The van der Waals surface area contributed by atoms with Gasteiger partial charge in [0.25, 0.3) is 0 Å². The molecular formula is C23H29BrN2O. The molecule has 1 heterocycles. The van der Waals surface area contributed by atoms with Crippen LogP contribution in [-0.2, 0) is 6.42 Å². The van der Waals surface area contributed by atoms with Crippen LogP contribution < -0.4 is 0 Å². The zero-order chi connectivity index (χ0) is 19.1. The van der Waals surface area contributed by atoms with Crippen molar-refractivity contribution in [2.24, 2.45) is 0 Å². The van der Waals surface area contributed by atoms with Crippen LogP contribution in [0.25, 0.3) is 16.6 Å². The molecule has 0 saturated heterocycles. The molecular weight excluding hydrogens is 400 g/mol. The average Bonchev–Trinajstić information content (AvgIpc) is 3.10. The van der Waals surface area contributed by atoms with Crippen molar-refractivity contribution in [3.63, 3.8) is 0 Å². The third-order valence-corrected chi connectivity index (χ3v) is 5.69. The van der Waals surface area contributed by atoms with Gasteiger partial charge in [-0.25, -0.2) is 0 Å². The molecule has 0 aliphatic rings. The van der Waals surface area contributed by atoms with Crippen molar-refractivity contribution in [2.45, 2.75) is 32.6 Å². The second-order valence-electron chi connectivity index (χ2n) is 7.02. The lowest BCUT2D eigenvalue weighted by molar-refractivity contribution is 0.199. The van der Waals surface area contributed by atoms with Gasteiger partial charge in [0.2, 0.25) is 0 Å². The molecule has 144 valence electrons. The molecule has 3 rings (SSSR count). The SMILES string of the molecule is CCN(CCO)CCCCCc1ccc2c(ccn2-c2ccc(Br)cc2)c1. The van der Waals surface area contributed by atoms with Crippen molar-refractivity contribution in [3.8, 4) is 5.69 Å². The molecule has 1 N–H and O–H groups in total. The van der Waals surface area contributed by atoms with Crippen LogP contribution in [0, 0.1) is 0 Å². The zero-order valence-corrected chi connectivity index (χ0v) is 17.7. The molecule has 0 atom stereocenters. The largest absolute Gasteiger partial charge is 0.395 e. The quantitative estimate of drug-likeness (QED) is 0.436. The van der Waals surface area contributed by atoms with Crippen molar-refractivity contribution in [1.29, 1.82) is 0 Å². The predicted octanol–water partition coefficient (Wildman–Crippen LogP) is 5.42. The first-order valence-electron chi connectivity index (χ1n) is 9.90. The lowest BCUT2D eigenvalue weighted by Crippen LogP contribution is -2.27. The smallest absolute Gasteiger partial charge is 0.0558 e. The minimum absolute atomic E-state index is 0.258. The van der Waals surface area contributed by atoms with Crippen molar-refractivity contribution >= 4 is 26.8 Å². The third kappa shape index (κ3) is 5.44. The first-order chi connectivity index (χ1) is 13.2. The van der Waals surface area contributed by atoms with E-state index in [1.54, 1.807) is 0 Å². The lowest BCUT2D eigenvalue weighted by Gasteiger charge is -2.18. The molecule has 0 aliphatic heterocycles. The highest BCUT2D eigenvalue weighted by molar-refractivity contribution is 9.10. The van der Waals surface area contributed by atoms with E-state index in [4.69, 9.17) is 5.11 Å². The van der Waals surface area contributed by atoms with Crippen LogP contribution in [0.4, 0.5) is 0 Å². The summed E-state index contributed by atoms with van der Waals surface area (Å²) >= 11 is 3.50. The molecule has 2 aromatic carbocycles. The average molecular weight is 429 g/mol. The molecule has 0 fully saturated rings. The van der Waals surface area contributed by atoms with E-state index in [-0.39, 0.29) is 6.61 Å². The minimum atomic E-state index is 0.258. The van der Waals surface area contributed by atoms with Gasteiger partial charge in [0.05, 0.1) is 12.1 Å². The molecule has 0 amide bonds. The number of nitrogens with zero attached hydrogens (tertiary/aromatic N) is 2. The summed E-state index contributed by atoms with van der Waals surface area (Å²) < 4.78 is 3.34. The number of benzene rings is 2. The van der Waals surface area contributed by atoms with Gasteiger partial charge in [0, 0.05) is 28.3 Å². The van der Waals surface area contributed by atoms with E-state index in [9.17, 15) is 0 Å². The van der Waals surface area contributed by atoms with Crippen molar-refractivity contribution < 1.29 is 5.11 Å². The topological polar surface area (TPSA) is 28.4 Å². The Labute approximate surface area is 170 Å². The fourth-order valence-corrected chi connectivity index (χ4v) is 3.85. The zero-order valence-electron chi connectivity index (χ0n) is 16.1. The van der Waals surface area contributed by atoms with Gasteiger partial charge in [-0.2, -0.15) is 0 Å². The van der Waals surface area contributed by atoms with Gasteiger partial charge in [-0.1, -0.05) is 35.3 Å². The van der Waals surface area contributed by atoms with Gasteiger partial charge in [-0.3, -0.25) is 0 Å². The summed E-state index contributed by atoms with van der Waals surface area (Å²) in [7, 11) is 0. The third-order valence-electron chi connectivity index (χ3n) is 5.16. The minimum Gasteiger partial charge on any atom is -0.395 e. The number of aryl methyl sites for hydroxylation is 1. The molecule has 3 nitrogen and oxygen atoms in total. The number of likely N-dealkylation sites (N-methyl/N-ethyl adjacent to an activating group) is 1. The Kier molecular flexibility index (Phi) is 7.50. The molecule has 0 saturated carbocycles. The molecule has 3 aromatic rings. The Balaban J connectivity index is 1.55. The van der Waals surface area contributed by atoms with Crippen molar-refractivity contribution in [2.75, 3.05) is 26.2 Å². The van der Waals surface area contributed by atoms with Crippen LogP contribution >= 0.6 is 15.9 Å². The number of aromatic nitrogens is 1. The van der Waals surface area contributed by atoms with Gasteiger partial charge >= 0.3 is 0 Å². The highest BCUT2D eigenvalue weighted by Crippen LogP contribution is 2.23. The van der Waals surface area contributed by atoms with Crippen LogP contribution in [0.15, 0.2) is 59.2 Å². The molecule has 0 spiro atoms. The summed E-state index contributed by atoms with van der Waals surface area (Å²) in [6, 6.07) is 17.5. The van der Waals surface area contributed by atoms with E-state index in [1.165, 1.54) is 41.4 Å². The van der Waals surface area contributed by atoms with Gasteiger partial charge in [-0.15, -0.1) is 0 Å². The van der Waals surface area contributed by atoms with Crippen LogP contribution in [0.5, 0.6) is 0 Å². The van der Waals surface area contributed by atoms with Crippen LogP contribution in [-0.4, -0.2) is 40.8 Å². The summed E-state index contributed by atoms with van der Waals surface area (Å²) in [6.07, 6.45) is 6.94. The van der Waals surface area contributed by atoms with Gasteiger partial charge in [-0.05, 0) is 80.4 Å². The second kappa shape index (κ2) is 10.1. The molecule has 0 radical (unpaired) electrons. The van der Waals surface area contributed by atoms with E-state index in [0.29, 0.717) is 0 Å². The molecule has 4 heteroatoms. The van der Waals surface area contributed by atoms with Crippen LogP contribution in [0.2, 0.25) is 0 Å².